The summed E-state index contributed by atoms with van der Waals surface area (Å²) in [6.45, 7) is 7.38. The third-order valence-electron chi connectivity index (χ3n) is 3.05. The summed E-state index contributed by atoms with van der Waals surface area (Å²) < 4.78 is 0. The van der Waals surface area contributed by atoms with Crippen LogP contribution in [0.3, 0.4) is 0 Å². The molecule has 0 radical (unpaired) electrons. The molecule has 0 spiro atoms. The van der Waals surface area contributed by atoms with Gasteiger partial charge in [-0.2, -0.15) is 0 Å². The summed E-state index contributed by atoms with van der Waals surface area (Å²) in [7, 11) is 0. The zero-order valence-corrected chi connectivity index (χ0v) is 12.0. The monoisotopic (exact) mass is 264 g/mol. The predicted octanol–water partition coefficient (Wildman–Crippen LogP) is 1.58. The molecule has 0 atom stereocenters. The fourth-order valence-corrected chi connectivity index (χ4v) is 2.17. The normalized spacial score (nSPS) is 10.5. The lowest BCUT2D eigenvalue weighted by molar-refractivity contribution is 0.301. The Bertz CT molecular complexity index is 445. The molecular weight excluding hydrogens is 240 g/mol. The summed E-state index contributed by atoms with van der Waals surface area (Å²) in [5, 5.41) is 16.9. The maximum Gasteiger partial charge on any atom is 0.140 e. The lowest BCUT2D eigenvalue weighted by atomic mass is 10.1. The number of nitrogen functional groups attached to an aromatic ring is 1. The van der Waals surface area contributed by atoms with Crippen molar-refractivity contribution in [3.8, 4) is 0 Å². The van der Waals surface area contributed by atoms with Gasteiger partial charge in [0.25, 0.3) is 0 Å². The van der Waals surface area contributed by atoms with Crippen LogP contribution in [0.15, 0.2) is 6.07 Å². The highest BCUT2D eigenvalue weighted by Crippen LogP contribution is 2.22. The van der Waals surface area contributed by atoms with Crippen LogP contribution in [0.2, 0.25) is 0 Å². The SMILES string of the molecule is CCCCN(CCO)c1nc(C)cc(C)c1C(=N)N. The van der Waals surface area contributed by atoms with Gasteiger partial charge >= 0.3 is 0 Å². The molecule has 0 aromatic carbocycles. The number of hydrogen-bond donors (Lipinski definition) is 3. The lowest BCUT2D eigenvalue weighted by Crippen LogP contribution is -2.32. The Morgan fingerprint density at radius 3 is 2.63 bits per heavy atom. The van der Waals surface area contributed by atoms with E-state index in [4.69, 9.17) is 11.1 Å². The number of nitrogens with zero attached hydrogens (tertiary/aromatic N) is 2. The third-order valence-corrected chi connectivity index (χ3v) is 3.05. The number of rotatable bonds is 7. The van der Waals surface area contributed by atoms with Gasteiger partial charge in [0.15, 0.2) is 0 Å². The Morgan fingerprint density at radius 1 is 1.42 bits per heavy atom. The quantitative estimate of drug-likeness (QED) is 0.515. The molecule has 1 aromatic rings. The molecule has 0 aliphatic rings. The van der Waals surface area contributed by atoms with E-state index in [2.05, 4.69) is 11.9 Å². The molecule has 0 aliphatic carbocycles. The molecule has 5 nitrogen and oxygen atoms in total. The summed E-state index contributed by atoms with van der Waals surface area (Å²) in [4.78, 5) is 6.54. The van der Waals surface area contributed by atoms with E-state index in [1.54, 1.807) is 0 Å². The van der Waals surface area contributed by atoms with Crippen LogP contribution < -0.4 is 10.6 Å². The minimum absolute atomic E-state index is 0.0273. The van der Waals surface area contributed by atoms with Crippen molar-refractivity contribution in [2.24, 2.45) is 5.73 Å². The van der Waals surface area contributed by atoms with Crippen LogP contribution >= 0.6 is 0 Å². The van der Waals surface area contributed by atoms with Crippen molar-refractivity contribution in [3.63, 3.8) is 0 Å². The number of aliphatic hydroxyl groups excluding tert-OH is 1. The molecule has 1 aromatic heterocycles. The largest absolute Gasteiger partial charge is 0.395 e. The van der Waals surface area contributed by atoms with Gasteiger partial charge in [0.2, 0.25) is 0 Å². The fourth-order valence-electron chi connectivity index (χ4n) is 2.17. The van der Waals surface area contributed by atoms with Crippen molar-refractivity contribution in [1.82, 2.24) is 4.98 Å². The van der Waals surface area contributed by atoms with Gasteiger partial charge < -0.3 is 15.7 Å². The number of nitrogens with one attached hydrogen (secondary N) is 1. The number of amidine groups is 1. The molecule has 19 heavy (non-hydrogen) atoms. The van der Waals surface area contributed by atoms with Gasteiger partial charge in [-0.25, -0.2) is 4.98 Å². The highest BCUT2D eigenvalue weighted by Gasteiger charge is 2.17. The minimum Gasteiger partial charge on any atom is -0.395 e. The number of hydrogen-bond acceptors (Lipinski definition) is 4. The van der Waals surface area contributed by atoms with E-state index in [0.29, 0.717) is 17.9 Å². The second kappa shape index (κ2) is 7.09. The molecule has 0 saturated carbocycles. The fraction of sp³-hybridized carbons (Fsp3) is 0.571. The van der Waals surface area contributed by atoms with Crippen molar-refractivity contribution in [2.75, 3.05) is 24.6 Å². The van der Waals surface area contributed by atoms with E-state index >= 15 is 0 Å². The number of unbranched alkanes of at least 4 members (excludes halogenated alkanes) is 1. The zero-order chi connectivity index (χ0) is 14.4. The number of aromatic nitrogens is 1. The molecular formula is C14H24N4O. The van der Waals surface area contributed by atoms with E-state index in [1.807, 2.05) is 24.8 Å². The van der Waals surface area contributed by atoms with Crippen molar-refractivity contribution in [1.29, 1.82) is 5.41 Å². The van der Waals surface area contributed by atoms with Crippen LogP contribution in [0.5, 0.6) is 0 Å². The van der Waals surface area contributed by atoms with Gasteiger partial charge in [0.05, 0.1) is 12.2 Å². The number of pyridine rings is 1. The van der Waals surface area contributed by atoms with E-state index in [9.17, 15) is 5.11 Å². The first-order valence-electron chi connectivity index (χ1n) is 6.69. The lowest BCUT2D eigenvalue weighted by Gasteiger charge is -2.26. The van der Waals surface area contributed by atoms with Crippen LogP contribution in [0, 0.1) is 19.3 Å². The maximum atomic E-state index is 9.21. The summed E-state index contributed by atoms with van der Waals surface area (Å²) >= 11 is 0. The summed E-state index contributed by atoms with van der Waals surface area (Å²) in [6, 6.07) is 1.93. The smallest absolute Gasteiger partial charge is 0.140 e. The van der Waals surface area contributed by atoms with Crippen molar-refractivity contribution < 1.29 is 5.11 Å². The van der Waals surface area contributed by atoms with Crippen LogP contribution in [-0.4, -0.2) is 35.6 Å². The molecule has 0 aliphatic heterocycles. The van der Waals surface area contributed by atoms with E-state index < -0.39 is 0 Å². The van der Waals surface area contributed by atoms with Gasteiger partial charge in [0, 0.05) is 18.8 Å². The standard InChI is InChI=1S/C14H24N4O/c1-4-5-6-18(7-8-19)14-12(13(15)16)10(2)9-11(3)17-14/h9,19H,4-8H2,1-3H3,(H3,15,16). The van der Waals surface area contributed by atoms with Gasteiger partial charge in [-0.05, 0) is 31.9 Å². The highest BCUT2D eigenvalue weighted by molar-refractivity contribution is 6.01. The molecule has 5 heteroatoms. The van der Waals surface area contributed by atoms with Crippen LogP contribution in [0.25, 0.3) is 0 Å². The van der Waals surface area contributed by atoms with Crippen LogP contribution in [0.1, 0.15) is 36.6 Å². The number of aryl methyl sites for hydroxylation is 2. The molecule has 1 rings (SSSR count). The summed E-state index contributed by atoms with van der Waals surface area (Å²) in [5.74, 6) is 0.743. The van der Waals surface area contributed by atoms with Gasteiger partial charge in [-0.1, -0.05) is 13.3 Å². The van der Waals surface area contributed by atoms with Crippen LogP contribution in [-0.2, 0) is 0 Å². The molecule has 0 fully saturated rings. The van der Waals surface area contributed by atoms with Gasteiger partial charge in [-0.3, -0.25) is 5.41 Å². The molecule has 106 valence electrons. The Morgan fingerprint density at radius 2 is 2.11 bits per heavy atom. The average molecular weight is 264 g/mol. The van der Waals surface area contributed by atoms with Crippen molar-refractivity contribution >= 4 is 11.7 Å². The highest BCUT2D eigenvalue weighted by atomic mass is 16.3. The second-order valence-electron chi connectivity index (χ2n) is 4.76. The van der Waals surface area contributed by atoms with Crippen LogP contribution in [0.4, 0.5) is 5.82 Å². The second-order valence-corrected chi connectivity index (χ2v) is 4.76. The molecule has 0 bridgehead atoms. The first-order valence-corrected chi connectivity index (χ1v) is 6.69. The van der Waals surface area contributed by atoms with Crippen molar-refractivity contribution in [2.45, 2.75) is 33.6 Å². The van der Waals surface area contributed by atoms with Gasteiger partial charge in [0.1, 0.15) is 11.7 Å². The molecule has 0 unspecified atom stereocenters. The van der Waals surface area contributed by atoms with E-state index in [0.717, 1.165) is 30.6 Å². The van der Waals surface area contributed by atoms with E-state index in [1.165, 1.54) is 0 Å². The Hall–Kier alpha value is -1.62. The Kier molecular flexibility index (Phi) is 5.76. The maximum absolute atomic E-state index is 9.21. The molecule has 4 N–H and O–H groups in total. The number of nitrogens with two attached hydrogens (primary N) is 1. The third kappa shape index (κ3) is 3.92. The molecule has 0 amide bonds. The Balaban J connectivity index is 3.22. The zero-order valence-electron chi connectivity index (χ0n) is 12.0. The number of anilines is 1. The summed E-state index contributed by atoms with van der Waals surface area (Å²) in [5.41, 5.74) is 8.21. The Labute approximate surface area is 115 Å². The predicted molar refractivity (Wildman–Crippen MR) is 78.9 cm³/mol. The van der Waals surface area contributed by atoms with Crippen molar-refractivity contribution in [3.05, 3.63) is 22.9 Å². The average Bonchev–Trinajstić information content (AvgIpc) is 2.32. The topological polar surface area (TPSA) is 86.2 Å². The molecule has 0 saturated heterocycles. The first kappa shape index (κ1) is 15.4. The first-order chi connectivity index (χ1) is 9.01. The number of aliphatic hydroxyl groups is 1. The van der Waals surface area contributed by atoms with E-state index in [-0.39, 0.29) is 12.4 Å². The summed E-state index contributed by atoms with van der Waals surface area (Å²) in [6.07, 6.45) is 2.09. The minimum atomic E-state index is 0.0273. The van der Waals surface area contributed by atoms with Gasteiger partial charge in [-0.15, -0.1) is 0 Å². The molecule has 1 heterocycles.